The van der Waals surface area contributed by atoms with Gasteiger partial charge in [-0.15, -0.1) is 0 Å². The molecule has 31 heavy (non-hydrogen) atoms. The Morgan fingerprint density at radius 3 is 2.29 bits per heavy atom. The number of rotatable bonds is 6. The Hall–Kier alpha value is -2.87. The summed E-state index contributed by atoms with van der Waals surface area (Å²) in [6, 6.07) is 7.72. The third-order valence-electron chi connectivity index (χ3n) is 3.81. The molecule has 2 aromatic heterocycles. The van der Waals surface area contributed by atoms with E-state index in [0.717, 1.165) is 17.8 Å². The maximum absolute atomic E-state index is 12.7. The van der Waals surface area contributed by atoms with Gasteiger partial charge in [-0.3, -0.25) is 4.98 Å². The molecule has 166 valence electrons. The van der Waals surface area contributed by atoms with Crippen LogP contribution in [0.25, 0.3) is 11.4 Å². The average molecular weight is 453 g/mol. The minimum Gasteiger partial charge on any atom is -0.489 e. The molecule has 0 unspecified atom stereocenters. The summed E-state index contributed by atoms with van der Waals surface area (Å²) in [4.78, 5) is 11.9. The number of alkyl halides is 3. The standard InChI is InChI=1S/C20H18ClF3N4O.C2H6/c1-12(2)29-17-4-3-14(7-16(17)21)19-27-10-13(11-28-19)9-26-15-5-6-25-18(8-15)20(22,23)24;1-2/h3-8,10-12H,9H2,1-2H3,(H,25,26);1-2H3. The molecule has 3 aromatic rings. The first-order valence-electron chi connectivity index (χ1n) is 9.77. The first-order chi connectivity index (χ1) is 14.7. The maximum Gasteiger partial charge on any atom is 0.433 e. The van der Waals surface area contributed by atoms with Crippen molar-refractivity contribution in [2.24, 2.45) is 0 Å². The maximum atomic E-state index is 12.7. The van der Waals surface area contributed by atoms with Gasteiger partial charge in [-0.25, -0.2) is 9.97 Å². The highest BCUT2D eigenvalue weighted by molar-refractivity contribution is 6.32. The van der Waals surface area contributed by atoms with Crippen molar-refractivity contribution < 1.29 is 17.9 Å². The second-order valence-corrected chi connectivity index (χ2v) is 6.91. The molecule has 0 aliphatic rings. The summed E-state index contributed by atoms with van der Waals surface area (Å²) < 4.78 is 43.8. The fraction of sp³-hybridized carbons (Fsp3) is 0.318. The quantitative estimate of drug-likeness (QED) is 0.454. The Morgan fingerprint density at radius 2 is 1.71 bits per heavy atom. The van der Waals surface area contributed by atoms with Crippen LogP contribution in [-0.4, -0.2) is 21.1 Å². The van der Waals surface area contributed by atoms with Gasteiger partial charge in [0.1, 0.15) is 11.4 Å². The smallest absolute Gasteiger partial charge is 0.433 e. The molecular formula is C22H24ClF3N4O. The van der Waals surface area contributed by atoms with Gasteiger partial charge in [0.25, 0.3) is 0 Å². The minimum absolute atomic E-state index is 0.00832. The van der Waals surface area contributed by atoms with Crippen LogP contribution in [0.2, 0.25) is 5.02 Å². The number of aromatic nitrogens is 3. The highest BCUT2D eigenvalue weighted by Gasteiger charge is 2.32. The molecule has 1 aromatic carbocycles. The summed E-state index contributed by atoms with van der Waals surface area (Å²) in [5.74, 6) is 1.07. The Labute approximate surface area is 184 Å². The molecule has 0 bridgehead atoms. The lowest BCUT2D eigenvalue weighted by molar-refractivity contribution is -0.141. The lowest BCUT2D eigenvalue weighted by Crippen LogP contribution is -2.09. The molecule has 0 aliphatic carbocycles. The largest absolute Gasteiger partial charge is 0.489 e. The van der Waals surface area contributed by atoms with Crippen LogP contribution < -0.4 is 10.1 Å². The van der Waals surface area contributed by atoms with E-state index in [2.05, 4.69) is 20.3 Å². The van der Waals surface area contributed by atoms with E-state index in [1.165, 1.54) is 6.07 Å². The highest BCUT2D eigenvalue weighted by atomic mass is 35.5. The summed E-state index contributed by atoms with van der Waals surface area (Å²) in [6.07, 6.45) is -0.156. The number of hydrogen-bond acceptors (Lipinski definition) is 5. The van der Waals surface area contributed by atoms with E-state index in [0.29, 0.717) is 27.8 Å². The van der Waals surface area contributed by atoms with E-state index in [-0.39, 0.29) is 12.6 Å². The topological polar surface area (TPSA) is 59.9 Å². The molecule has 3 rings (SSSR count). The van der Waals surface area contributed by atoms with Gasteiger partial charge in [-0.05, 0) is 44.2 Å². The van der Waals surface area contributed by atoms with Crippen LogP contribution in [0, 0.1) is 0 Å². The Kier molecular flexibility index (Phi) is 8.62. The Bertz CT molecular complexity index is 979. The van der Waals surface area contributed by atoms with E-state index in [4.69, 9.17) is 16.3 Å². The zero-order valence-electron chi connectivity index (χ0n) is 17.7. The van der Waals surface area contributed by atoms with Gasteiger partial charge in [0.05, 0.1) is 11.1 Å². The van der Waals surface area contributed by atoms with Crippen molar-refractivity contribution in [2.45, 2.75) is 46.5 Å². The number of ether oxygens (including phenoxy) is 1. The van der Waals surface area contributed by atoms with E-state index < -0.39 is 11.9 Å². The Balaban J connectivity index is 0.00000166. The van der Waals surface area contributed by atoms with Gasteiger partial charge in [-0.1, -0.05) is 25.4 Å². The van der Waals surface area contributed by atoms with Gasteiger partial charge < -0.3 is 10.1 Å². The molecular weight excluding hydrogens is 429 g/mol. The van der Waals surface area contributed by atoms with Crippen LogP contribution in [0.5, 0.6) is 5.75 Å². The predicted octanol–water partition coefficient (Wildman–Crippen LogP) is 6.64. The third kappa shape index (κ3) is 7.10. The summed E-state index contributed by atoms with van der Waals surface area (Å²) >= 11 is 6.24. The Morgan fingerprint density at radius 1 is 1.03 bits per heavy atom. The normalized spacial score (nSPS) is 11.0. The molecule has 0 fully saturated rings. The van der Waals surface area contributed by atoms with Gasteiger partial charge in [-0.2, -0.15) is 13.2 Å². The molecule has 5 nitrogen and oxygen atoms in total. The molecule has 2 heterocycles. The minimum atomic E-state index is -4.49. The molecule has 0 saturated heterocycles. The van der Waals surface area contributed by atoms with Crippen molar-refractivity contribution in [1.29, 1.82) is 0 Å². The summed E-state index contributed by atoms with van der Waals surface area (Å²) in [5.41, 5.74) is 0.805. The van der Waals surface area contributed by atoms with Crippen LogP contribution in [0.4, 0.5) is 18.9 Å². The lowest BCUT2D eigenvalue weighted by Gasteiger charge is -2.12. The monoisotopic (exact) mass is 452 g/mol. The van der Waals surface area contributed by atoms with E-state index >= 15 is 0 Å². The molecule has 0 spiro atoms. The van der Waals surface area contributed by atoms with Crippen molar-refractivity contribution >= 4 is 17.3 Å². The summed E-state index contributed by atoms with van der Waals surface area (Å²) in [5, 5.41) is 3.37. The van der Waals surface area contributed by atoms with Crippen molar-refractivity contribution in [1.82, 2.24) is 15.0 Å². The number of hydrogen-bond donors (Lipinski definition) is 1. The average Bonchev–Trinajstić information content (AvgIpc) is 2.75. The van der Waals surface area contributed by atoms with E-state index in [1.54, 1.807) is 24.5 Å². The molecule has 0 radical (unpaired) electrons. The fourth-order valence-electron chi connectivity index (χ4n) is 2.48. The molecule has 0 atom stereocenters. The van der Waals surface area contributed by atoms with Crippen LogP contribution >= 0.6 is 11.6 Å². The number of halogens is 4. The number of benzene rings is 1. The first kappa shape index (κ1) is 24.4. The molecule has 0 saturated carbocycles. The van der Waals surface area contributed by atoms with Crippen molar-refractivity contribution in [3.8, 4) is 17.1 Å². The molecule has 1 N–H and O–H groups in total. The van der Waals surface area contributed by atoms with Crippen molar-refractivity contribution in [3.63, 3.8) is 0 Å². The number of nitrogens with zero attached hydrogens (tertiary/aromatic N) is 3. The van der Waals surface area contributed by atoms with Crippen LogP contribution in [0.3, 0.4) is 0 Å². The molecule has 0 aliphatic heterocycles. The van der Waals surface area contributed by atoms with Gasteiger partial charge >= 0.3 is 6.18 Å². The second-order valence-electron chi connectivity index (χ2n) is 6.51. The van der Waals surface area contributed by atoms with Crippen molar-refractivity contribution in [3.05, 3.63) is 65.2 Å². The van der Waals surface area contributed by atoms with E-state index in [1.807, 2.05) is 33.8 Å². The third-order valence-corrected chi connectivity index (χ3v) is 4.10. The van der Waals surface area contributed by atoms with Gasteiger partial charge in [0.15, 0.2) is 5.82 Å². The van der Waals surface area contributed by atoms with Crippen LogP contribution in [0.15, 0.2) is 48.9 Å². The zero-order chi connectivity index (χ0) is 23.0. The van der Waals surface area contributed by atoms with Crippen LogP contribution in [-0.2, 0) is 12.7 Å². The summed E-state index contributed by atoms with van der Waals surface area (Å²) in [6.45, 7) is 8.09. The number of anilines is 1. The summed E-state index contributed by atoms with van der Waals surface area (Å²) in [7, 11) is 0. The highest BCUT2D eigenvalue weighted by Crippen LogP contribution is 2.30. The SMILES string of the molecule is CC.CC(C)Oc1ccc(-c2ncc(CNc3ccnc(C(F)(F)F)c3)cn2)cc1Cl. The lowest BCUT2D eigenvalue weighted by atomic mass is 10.2. The van der Waals surface area contributed by atoms with Crippen LogP contribution in [0.1, 0.15) is 39.0 Å². The molecule has 0 amide bonds. The van der Waals surface area contributed by atoms with Gasteiger partial charge in [0, 0.05) is 41.9 Å². The second kappa shape index (κ2) is 10.9. The first-order valence-corrected chi connectivity index (χ1v) is 10.1. The van der Waals surface area contributed by atoms with E-state index in [9.17, 15) is 13.2 Å². The number of pyridine rings is 1. The zero-order valence-corrected chi connectivity index (χ0v) is 18.4. The molecule has 9 heteroatoms. The number of nitrogens with one attached hydrogen (secondary N) is 1. The predicted molar refractivity (Wildman–Crippen MR) is 116 cm³/mol. The van der Waals surface area contributed by atoms with Crippen molar-refractivity contribution in [2.75, 3.05) is 5.32 Å². The fourth-order valence-corrected chi connectivity index (χ4v) is 2.71. The van der Waals surface area contributed by atoms with Gasteiger partial charge in [0.2, 0.25) is 0 Å².